The number of imide groups is 1. The molecule has 0 saturated carbocycles. The first kappa shape index (κ1) is 22.1. The number of amides is 2. The van der Waals surface area contributed by atoms with E-state index in [4.69, 9.17) is 14.3 Å². The van der Waals surface area contributed by atoms with Crippen LogP contribution in [0.5, 0.6) is 11.5 Å². The number of nitrogens with zero attached hydrogens (tertiary/aromatic N) is 2. The van der Waals surface area contributed by atoms with Crippen LogP contribution in [0.3, 0.4) is 0 Å². The van der Waals surface area contributed by atoms with Gasteiger partial charge in [-0.2, -0.15) is 0 Å². The molecular formula is C29H24N2O5. The second kappa shape index (κ2) is 8.70. The highest BCUT2D eigenvalue weighted by Crippen LogP contribution is 2.48. The van der Waals surface area contributed by atoms with Crippen molar-refractivity contribution in [1.82, 2.24) is 0 Å². The minimum atomic E-state index is -0.939. The van der Waals surface area contributed by atoms with Crippen LogP contribution in [0, 0.1) is 5.92 Å². The van der Waals surface area contributed by atoms with Crippen molar-refractivity contribution >= 4 is 34.0 Å². The number of methoxy groups -OCH3 is 2. The predicted molar refractivity (Wildman–Crippen MR) is 136 cm³/mol. The fraction of sp³-hybridized carbons (Fsp3) is 0.172. The number of benzene rings is 4. The van der Waals surface area contributed by atoms with E-state index in [0.717, 1.165) is 22.0 Å². The van der Waals surface area contributed by atoms with Gasteiger partial charge >= 0.3 is 0 Å². The lowest BCUT2D eigenvalue weighted by Crippen LogP contribution is -2.37. The van der Waals surface area contributed by atoms with Crippen molar-refractivity contribution in [3.63, 3.8) is 0 Å². The molecule has 180 valence electrons. The number of carbonyl (C=O) groups excluding carboxylic acids is 2. The molecule has 0 unspecified atom stereocenters. The first-order chi connectivity index (χ1) is 17.6. The van der Waals surface area contributed by atoms with E-state index in [0.29, 0.717) is 17.2 Å². The number of carbonyl (C=O) groups is 2. The smallest absolute Gasteiger partial charge is 0.266 e. The van der Waals surface area contributed by atoms with Crippen LogP contribution in [0.25, 0.3) is 10.8 Å². The van der Waals surface area contributed by atoms with Crippen LogP contribution < -0.4 is 19.4 Å². The average molecular weight is 481 g/mol. The van der Waals surface area contributed by atoms with Gasteiger partial charge in [-0.3, -0.25) is 14.4 Å². The lowest BCUT2D eigenvalue weighted by Gasteiger charge is -2.29. The number of hydrogen-bond donors (Lipinski definition) is 0. The number of fused-ring (bicyclic) bond motifs is 2. The molecule has 7 heteroatoms. The van der Waals surface area contributed by atoms with Crippen LogP contribution in [0.4, 0.5) is 11.4 Å². The maximum absolute atomic E-state index is 14.0. The molecule has 4 aromatic rings. The van der Waals surface area contributed by atoms with Crippen molar-refractivity contribution in [3.05, 3.63) is 96.6 Å². The topological polar surface area (TPSA) is 68.3 Å². The predicted octanol–water partition coefficient (Wildman–Crippen LogP) is 4.91. The summed E-state index contributed by atoms with van der Waals surface area (Å²) in [6.07, 6.45) is -0.939. The molecule has 7 nitrogen and oxygen atoms in total. The van der Waals surface area contributed by atoms with E-state index < -0.39 is 18.1 Å². The molecule has 6 rings (SSSR count). The molecule has 2 amide bonds. The highest BCUT2D eigenvalue weighted by atomic mass is 16.7. The minimum Gasteiger partial charge on any atom is -0.497 e. The maximum atomic E-state index is 14.0. The molecule has 2 aliphatic rings. The Hall–Kier alpha value is -4.36. The van der Waals surface area contributed by atoms with Crippen molar-refractivity contribution in [2.75, 3.05) is 24.2 Å². The summed E-state index contributed by atoms with van der Waals surface area (Å²) < 4.78 is 10.6. The minimum absolute atomic E-state index is 0.279. The SMILES string of the molecule is COc1ccc([C@@H]2[C@@H]3C(=O)N(c4cccc5ccccc45)C(=O)[C@H]3ON2c2ccc(OC)cc2)cc1. The van der Waals surface area contributed by atoms with Gasteiger partial charge < -0.3 is 9.47 Å². The zero-order valence-electron chi connectivity index (χ0n) is 19.8. The largest absolute Gasteiger partial charge is 0.497 e. The van der Waals surface area contributed by atoms with Gasteiger partial charge in [0.1, 0.15) is 17.4 Å². The van der Waals surface area contributed by atoms with Crippen molar-refractivity contribution in [3.8, 4) is 11.5 Å². The van der Waals surface area contributed by atoms with Gasteiger partial charge in [-0.25, -0.2) is 9.96 Å². The number of hydroxylamine groups is 1. The molecule has 36 heavy (non-hydrogen) atoms. The van der Waals surface area contributed by atoms with E-state index in [1.807, 2.05) is 91.0 Å². The monoisotopic (exact) mass is 480 g/mol. The Morgan fingerprint density at radius 2 is 1.36 bits per heavy atom. The maximum Gasteiger partial charge on any atom is 0.266 e. The highest BCUT2D eigenvalue weighted by molar-refractivity contribution is 6.26. The van der Waals surface area contributed by atoms with Gasteiger partial charge in [-0.1, -0.05) is 48.5 Å². The van der Waals surface area contributed by atoms with Crippen molar-refractivity contribution in [1.29, 1.82) is 0 Å². The van der Waals surface area contributed by atoms with E-state index in [1.165, 1.54) is 4.90 Å². The fourth-order valence-electron chi connectivity index (χ4n) is 5.15. The zero-order chi connectivity index (χ0) is 24.8. The van der Waals surface area contributed by atoms with Gasteiger partial charge in [-0.05, 0) is 53.4 Å². The first-order valence-electron chi connectivity index (χ1n) is 11.7. The molecule has 2 heterocycles. The van der Waals surface area contributed by atoms with Crippen LogP contribution in [0.1, 0.15) is 11.6 Å². The van der Waals surface area contributed by atoms with Gasteiger partial charge in [0.2, 0.25) is 5.91 Å². The average Bonchev–Trinajstić information content (AvgIpc) is 3.44. The quantitative estimate of drug-likeness (QED) is 0.378. The lowest BCUT2D eigenvalue weighted by molar-refractivity contribution is -0.126. The van der Waals surface area contributed by atoms with Gasteiger partial charge in [0, 0.05) is 5.39 Å². The molecule has 0 spiro atoms. The molecule has 0 N–H and O–H groups in total. The Labute approximate surface area is 208 Å². The summed E-state index contributed by atoms with van der Waals surface area (Å²) in [4.78, 5) is 35.2. The Bertz CT molecular complexity index is 1450. The Morgan fingerprint density at radius 3 is 2.06 bits per heavy atom. The van der Waals surface area contributed by atoms with Crippen LogP contribution in [-0.4, -0.2) is 32.1 Å². The number of rotatable bonds is 5. The Kier molecular flexibility index (Phi) is 5.34. The summed E-state index contributed by atoms with van der Waals surface area (Å²) in [5, 5.41) is 3.47. The molecule has 4 aromatic carbocycles. The van der Waals surface area contributed by atoms with Crippen molar-refractivity contribution in [2.24, 2.45) is 5.92 Å². The molecule has 0 radical (unpaired) electrons. The van der Waals surface area contributed by atoms with E-state index in [9.17, 15) is 9.59 Å². The summed E-state index contributed by atoms with van der Waals surface area (Å²) in [6, 6.07) is 27.7. The third-order valence-electron chi connectivity index (χ3n) is 6.91. The van der Waals surface area contributed by atoms with E-state index in [2.05, 4.69) is 0 Å². The molecule has 0 aliphatic carbocycles. The number of hydrogen-bond acceptors (Lipinski definition) is 6. The standard InChI is InChI=1S/C29H24N2O5/c1-34-21-14-10-19(11-15-21)26-25-27(36-31(26)20-12-16-22(35-2)17-13-20)29(33)30(28(25)32)24-9-5-7-18-6-3-4-8-23(18)24/h3-17,25-27H,1-2H3/t25-,26+,27-/m0/s1. The molecule has 0 bridgehead atoms. The molecule has 2 aliphatic heterocycles. The van der Waals surface area contributed by atoms with Crippen LogP contribution in [-0.2, 0) is 14.4 Å². The van der Waals surface area contributed by atoms with E-state index in [-0.39, 0.29) is 11.8 Å². The van der Waals surface area contributed by atoms with Gasteiger partial charge in [0.05, 0.1) is 31.6 Å². The molecule has 0 aromatic heterocycles. The first-order valence-corrected chi connectivity index (χ1v) is 11.7. The van der Waals surface area contributed by atoms with Crippen molar-refractivity contribution < 1.29 is 23.9 Å². The van der Waals surface area contributed by atoms with Gasteiger partial charge in [-0.15, -0.1) is 0 Å². The third-order valence-corrected chi connectivity index (χ3v) is 6.91. The summed E-state index contributed by atoms with van der Waals surface area (Å²) in [6.45, 7) is 0. The van der Waals surface area contributed by atoms with E-state index in [1.54, 1.807) is 19.3 Å². The molecule has 2 fully saturated rings. The molecule has 2 saturated heterocycles. The third kappa shape index (κ3) is 3.39. The highest BCUT2D eigenvalue weighted by Gasteiger charge is 2.60. The second-order valence-electron chi connectivity index (χ2n) is 8.80. The Balaban J connectivity index is 1.44. The van der Waals surface area contributed by atoms with E-state index >= 15 is 0 Å². The fourth-order valence-corrected chi connectivity index (χ4v) is 5.15. The summed E-state index contributed by atoms with van der Waals surface area (Å²) in [5.41, 5.74) is 2.15. The summed E-state index contributed by atoms with van der Waals surface area (Å²) in [5.74, 6) is 0.0471. The zero-order valence-corrected chi connectivity index (χ0v) is 19.8. The molecule has 3 atom stereocenters. The van der Waals surface area contributed by atoms with Gasteiger partial charge in [0.25, 0.3) is 5.91 Å². The van der Waals surface area contributed by atoms with Crippen LogP contribution >= 0.6 is 0 Å². The number of anilines is 2. The Morgan fingerprint density at radius 1 is 0.722 bits per heavy atom. The normalized spacial score (nSPS) is 21.2. The van der Waals surface area contributed by atoms with Crippen molar-refractivity contribution in [2.45, 2.75) is 12.1 Å². The second-order valence-corrected chi connectivity index (χ2v) is 8.80. The van der Waals surface area contributed by atoms with Crippen LogP contribution in [0.15, 0.2) is 91.0 Å². The molecular weight excluding hydrogens is 456 g/mol. The summed E-state index contributed by atoms with van der Waals surface area (Å²) >= 11 is 0. The summed E-state index contributed by atoms with van der Waals surface area (Å²) in [7, 11) is 3.21. The number of ether oxygens (including phenoxy) is 2. The lowest BCUT2D eigenvalue weighted by atomic mass is 9.90. The van der Waals surface area contributed by atoms with Gasteiger partial charge in [0.15, 0.2) is 6.10 Å². The van der Waals surface area contributed by atoms with Crippen LogP contribution in [0.2, 0.25) is 0 Å².